The summed E-state index contributed by atoms with van der Waals surface area (Å²) in [6, 6.07) is 11.9. The number of nitrogen functional groups attached to an aromatic ring is 1. The van der Waals surface area contributed by atoms with Crippen molar-refractivity contribution in [3.05, 3.63) is 53.8 Å². The van der Waals surface area contributed by atoms with Gasteiger partial charge in [-0.1, -0.05) is 18.2 Å². The van der Waals surface area contributed by atoms with E-state index in [4.69, 9.17) is 11.5 Å². The molecule has 0 aromatic heterocycles. The molecule has 16 heavy (non-hydrogen) atoms. The molecule has 2 aromatic rings. The molecule has 2 nitrogen and oxygen atoms in total. The van der Waals surface area contributed by atoms with Gasteiger partial charge in [-0.25, -0.2) is 4.39 Å². The molecule has 0 amide bonds. The lowest BCUT2D eigenvalue weighted by Gasteiger charge is -2.08. The lowest BCUT2D eigenvalue weighted by Crippen LogP contribution is -1.98. The molecule has 3 heteroatoms. The van der Waals surface area contributed by atoms with Gasteiger partial charge in [-0.15, -0.1) is 0 Å². The van der Waals surface area contributed by atoms with E-state index in [-0.39, 0.29) is 5.82 Å². The minimum absolute atomic E-state index is 0.252. The maximum Gasteiger partial charge on any atom is 0.123 e. The van der Waals surface area contributed by atoms with Crippen LogP contribution in [0.15, 0.2) is 42.5 Å². The third-order valence-corrected chi connectivity index (χ3v) is 2.51. The van der Waals surface area contributed by atoms with E-state index in [9.17, 15) is 4.39 Å². The SMILES string of the molecule is NCc1ccc(N)c(-c2ccc(F)cc2)c1. The van der Waals surface area contributed by atoms with Crippen LogP contribution in [0.5, 0.6) is 0 Å². The second kappa shape index (κ2) is 4.33. The minimum Gasteiger partial charge on any atom is -0.398 e. The zero-order valence-electron chi connectivity index (χ0n) is 8.78. The standard InChI is InChI=1S/C13H13FN2/c14-11-4-2-10(3-5-11)12-7-9(8-15)1-6-13(12)16/h1-7H,8,15-16H2. The maximum absolute atomic E-state index is 12.8. The van der Waals surface area contributed by atoms with Crippen molar-refractivity contribution in [1.82, 2.24) is 0 Å². The molecule has 4 N–H and O–H groups in total. The Morgan fingerprint density at radius 3 is 2.31 bits per heavy atom. The third-order valence-electron chi connectivity index (χ3n) is 2.51. The number of halogens is 1. The smallest absolute Gasteiger partial charge is 0.123 e. The molecule has 0 radical (unpaired) electrons. The number of anilines is 1. The first-order valence-electron chi connectivity index (χ1n) is 5.05. The molecule has 0 heterocycles. The molecule has 0 spiro atoms. The number of benzene rings is 2. The van der Waals surface area contributed by atoms with Crippen LogP contribution in [0.2, 0.25) is 0 Å². The molecule has 0 fully saturated rings. The topological polar surface area (TPSA) is 52.0 Å². The lowest BCUT2D eigenvalue weighted by atomic mass is 10.0. The van der Waals surface area contributed by atoms with E-state index in [1.165, 1.54) is 12.1 Å². The summed E-state index contributed by atoms with van der Waals surface area (Å²) in [5, 5.41) is 0. The summed E-state index contributed by atoms with van der Waals surface area (Å²) in [7, 11) is 0. The molecule has 0 unspecified atom stereocenters. The fourth-order valence-electron chi connectivity index (χ4n) is 1.61. The largest absolute Gasteiger partial charge is 0.398 e. The monoisotopic (exact) mass is 216 g/mol. The molecule has 0 saturated carbocycles. The van der Waals surface area contributed by atoms with Gasteiger partial charge in [0.05, 0.1) is 0 Å². The average molecular weight is 216 g/mol. The van der Waals surface area contributed by atoms with Gasteiger partial charge in [-0.2, -0.15) is 0 Å². The summed E-state index contributed by atoms with van der Waals surface area (Å²) in [6.07, 6.45) is 0. The van der Waals surface area contributed by atoms with Gasteiger partial charge in [-0.3, -0.25) is 0 Å². The Hall–Kier alpha value is -1.87. The average Bonchev–Trinajstić information content (AvgIpc) is 2.31. The number of hydrogen-bond donors (Lipinski definition) is 2. The molecule has 0 bridgehead atoms. The molecular formula is C13H13FN2. The normalized spacial score (nSPS) is 10.4. The van der Waals surface area contributed by atoms with Crippen LogP contribution in [-0.4, -0.2) is 0 Å². The van der Waals surface area contributed by atoms with Gasteiger partial charge >= 0.3 is 0 Å². The van der Waals surface area contributed by atoms with Crippen LogP contribution < -0.4 is 11.5 Å². The van der Waals surface area contributed by atoms with Crippen LogP contribution in [0, 0.1) is 5.82 Å². The summed E-state index contributed by atoms with van der Waals surface area (Å²) >= 11 is 0. The van der Waals surface area contributed by atoms with Crippen molar-refractivity contribution in [3.63, 3.8) is 0 Å². The predicted molar refractivity (Wildman–Crippen MR) is 64.1 cm³/mol. The third kappa shape index (κ3) is 2.04. The van der Waals surface area contributed by atoms with Crippen molar-refractivity contribution in [2.45, 2.75) is 6.54 Å². The zero-order chi connectivity index (χ0) is 11.5. The maximum atomic E-state index is 12.8. The number of rotatable bonds is 2. The van der Waals surface area contributed by atoms with Gasteiger partial charge in [0.15, 0.2) is 0 Å². The first kappa shape index (κ1) is 10.6. The summed E-state index contributed by atoms with van der Waals surface area (Å²) in [4.78, 5) is 0. The first-order chi connectivity index (χ1) is 7.70. The Balaban J connectivity index is 2.50. The molecule has 0 aliphatic rings. The Morgan fingerprint density at radius 1 is 1.00 bits per heavy atom. The second-order valence-corrected chi connectivity index (χ2v) is 3.63. The van der Waals surface area contributed by atoms with Gasteiger partial charge < -0.3 is 11.5 Å². The van der Waals surface area contributed by atoms with Crippen LogP contribution in [-0.2, 0) is 6.54 Å². The van der Waals surface area contributed by atoms with E-state index in [2.05, 4.69) is 0 Å². The summed E-state index contributed by atoms with van der Waals surface area (Å²) in [5.41, 5.74) is 14.9. The number of hydrogen-bond acceptors (Lipinski definition) is 2. The van der Waals surface area contributed by atoms with Gasteiger partial charge in [-0.05, 0) is 35.4 Å². The van der Waals surface area contributed by atoms with Crippen LogP contribution in [0.4, 0.5) is 10.1 Å². The van der Waals surface area contributed by atoms with Crippen molar-refractivity contribution in [3.8, 4) is 11.1 Å². The van der Waals surface area contributed by atoms with Crippen LogP contribution in [0.1, 0.15) is 5.56 Å². The van der Waals surface area contributed by atoms with E-state index in [0.29, 0.717) is 12.2 Å². The Morgan fingerprint density at radius 2 is 1.69 bits per heavy atom. The highest BCUT2D eigenvalue weighted by atomic mass is 19.1. The molecule has 0 atom stereocenters. The molecule has 2 rings (SSSR count). The van der Waals surface area contributed by atoms with Crippen LogP contribution >= 0.6 is 0 Å². The molecular weight excluding hydrogens is 203 g/mol. The first-order valence-corrected chi connectivity index (χ1v) is 5.05. The lowest BCUT2D eigenvalue weighted by molar-refractivity contribution is 0.628. The molecule has 2 aromatic carbocycles. The summed E-state index contributed by atoms with van der Waals surface area (Å²) in [6.45, 7) is 0.467. The van der Waals surface area contributed by atoms with Crippen LogP contribution in [0.3, 0.4) is 0 Å². The van der Waals surface area contributed by atoms with Crippen molar-refractivity contribution < 1.29 is 4.39 Å². The fourth-order valence-corrected chi connectivity index (χ4v) is 1.61. The van der Waals surface area contributed by atoms with E-state index >= 15 is 0 Å². The molecule has 0 aliphatic heterocycles. The van der Waals surface area contributed by atoms with E-state index in [1.807, 2.05) is 18.2 Å². The Labute approximate surface area is 93.7 Å². The van der Waals surface area contributed by atoms with Gasteiger partial charge in [0.1, 0.15) is 5.82 Å². The minimum atomic E-state index is -0.252. The molecule has 0 saturated heterocycles. The van der Waals surface area contributed by atoms with Crippen LogP contribution in [0.25, 0.3) is 11.1 Å². The van der Waals surface area contributed by atoms with E-state index < -0.39 is 0 Å². The summed E-state index contributed by atoms with van der Waals surface area (Å²) in [5.74, 6) is -0.252. The summed E-state index contributed by atoms with van der Waals surface area (Å²) < 4.78 is 12.8. The predicted octanol–water partition coefficient (Wildman–Crippen LogP) is 2.53. The van der Waals surface area contributed by atoms with Crippen molar-refractivity contribution in [2.75, 3.05) is 5.73 Å². The highest BCUT2D eigenvalue weighted by Gasteiger charge is 2.03. The number of nitrogens with two attached hydrogens (primary N) is 2. The van der Waals surface area contributed by atoms with E-state index in [0.717, 1.165) is 16.7 Å². The van der Waals surface area contributed by atoms with E-state index in [1.54, 1.807) is 12.1 Å². The molecule has 0 aliphatic carbocycles. The zero-order valence-corrected chi connectivity index (χ0v) is 8.78. The second-order valence-electron chi connectivity index (χ2n) is 3.63. The Kier molecular flexibility index (Phi) is 2.88. The fraction of sp³-hybridized carbons (Fsp3) is 0.0769. The highest BCUT2D eigenvalue weighted by Crippen LogP contribution is 2.26. The van der Waals surface area contributed by atoms with Crippen molar-refractivity contribution >= 4 is 5.69 Å². The van der Waals surface area contributed by atoms with Gasteiger partial charge in [0, 0.05) is 17.8 Å². The van der Waals surface area contributed by atoms with Gasteiger partial charge in [0.25, 0.3) is 0 Å². The van der Waals surface area contributed by atoms with Gasteiger partial charge in [0.2, 0.25) is 0 Å². The quantitative estimate of drug-likeness (QED) is 0.758. The molecule has 82 valence electrons. The Bertz CT molecular complexity index is 492. The highest BCUT2D eigenvalue weighted by molar-refractivity contribution is 5.76. The van der Waals surface area contributed by atoms with Crippen molar-refractivity contribution in [2.24, 2.45) is 5.73 Å². The van der Waals surface area contributed by atoms with Crippen molar-refractivity contribution in [1.29, 1.82) is 0 Å².